The van der Waals surface area contributed by atoms with Gasteiger partial charge in [-0.15, -0.1) is 0 Å². The Morgan fingerprint density at radius 1 is 0.533 bits per heavy atom. The van der Waals surface area contributed by atoms with Crippen LogP contribution in [0.25, 0.3) is 0 Å². The topological polar surface area (TPSA) is 0 Å². The quantitative estimate of drug-likeness (QED) is 0.284. The molecule has 0 spiro atoms. The van der Waals surface area contributed by atoms with Gasteiger partial charge in [-0.2, -0.15) is 0 Å². The summed E-state index contributed by atoms with van der Waals surface area (Å²) >= 11 is 0. The van der Waals surface area contributed by atoms with E-state index in [0.29, 0.717) is 0 Å². The lowest BCUT2D eigenvalue weighted by Gasteiger charge is -2.13. The maximum Gasteiger partial charge on any atom is -0.00229 e. The van der Waals surface area contributed by atoms with Crippen molar-refractivity contribution in [2.45, 2.75) is 78.6 Å². The summed E-state index contributed by atoms with van der Waals surface area (Å²) in [5.41, 5.74) is 10.0. The highest BCUT2D eigenvalue weighted by molar-refractivity contribution is 5.39. The van der Waals surface area contributed by atoms with Gasteiger partial charge in [-0.1, -0.05) is 117 Å². The predicted octanol–water partition coefficient (Wildman–Crippen LogP) is 8.39. The highest BCUT2D eigenvalue weighted by Crippen LogP contribution is 2.22. The summed E-state index contributed by atoms with van der Waals surface area (Å²) in [6.45, 7) is 6.65. The van der Waals surface area contributed by atoms with E-state index in [2.05, 4.69) is 87.5 Å². The molecule has 0 nitrogen and oxygen atoms in total. The van der Waals surface area contributed by atoms with E-state index >= 15 is 0 Å². The van der Waals surface area contributed by atoms with E-state index in [-0.39, 0.29) is 0 Å². The van der Waals surface area contributed by atoms with Crippen molar-refractivity contribution in [3.05, 3.63) is 106 Å². The van der Waals surface area contributed by atoms with Crippen molar-refractivity contribution >= 4 is 0 Å². The van der Waals surface area contributed by atoms with Crippen LogP contribution >= 0.6 is 0 Å². The highest BCUT2D eigenvalue weighted by Gasteiger charge is 2.07. The first kappa shape index (κ1) is 22.3. The van der Waals surface area contributed by atoms with Crippen LogP contribution in [0.5, 0.6) is 0 Å². The van der Waals surface area contributed by atoms with E-state index in [1.807, 2.05) is 0 Å². The average Bonchev–Trinajstić information content (AvgIpc) is 2.72. The first-order valence-electron chi connectivity index (χ1n) is 11.9. The second kappa shape index (κ2) is 11.7. The molecule has 0 radical (unpaired) electrons. The van der Waals surface area contributed by atoms with Crippen molar-refractivity contribution in [3.63, 3.8) is 0 Å². The van der Waals surface area contributed by atoms with Gasteiger partial charge in [0.15, 0.2) is 0 Å². The molecule has 0 saturated heterocycles. The molecule has 3 rings (SSSR count). The Bertz CT molecular complexity index is 919. The normalized spacial score (nSPS) is 11.0. The third kappa shape index (κ3) is 7.17. The standard InChI is InChI=1S/C30H38/c1-4-5-6-7-8-9-16-29-23-28(21-26-14-10-12-24(2)19-26)17-18-30(29)22-27-15-11-13-25(3)20-27/h10-15,17-20,23H,4-9,16,21-22H2,1-3H3. The van der Waals surface area contributed by atoms with Gasteiger partial charge >= 0.3 is 0 Å². The molecule has 0 saturated carbocycles. The molecule has 158 valence electrons. The fraction of sp³-hybridized carbons (Fsp3) is 0.400. The summed E-state index contributed by atoms with van der Waals surface area (Å²) in [7, 11) is 0. The van der Waals surface area contributed by atoms with Gasteiger partial charge in [0.05, 0.1) is 0 Å². The summed E-state index contributed by atoms with van der Waals surface area (Å²) in [4.78, 5) is 0. The molecule has 0 unspecified atom stereocenters. The molecule has 0 aliphatic heterocycles. The molecule has 0 N–H and O–H groups in total. The van der Waals surface area contributed by atoms with Crippen LogP contribution in [0, 0.1) is 13.8 Å². The number of rotatable bonds is 11. The summed E-state index contributed by atoms with van der Waals surface area (Å²) in [6, 6.07) is 25.1. The van der Waals surface area contributed by atoms with Crippen LogP contribution in [0.4, 0.5) is 0 Å². The Balaban J connectivity index is 1.74. The lowest BCUT2D eigenvalue weighted by atomic mass is 9.92. The van der Waals surface area contributed by atoms with Gasteiger partial charge in [0.25, 0.3) is 0 Å². The van der Waals surface area contributed by atoms with Crippen LogP contribution in [-0.4, -0.2) is 0 Å². The van der Waals surface area contributed by atoms with Gasteiger partial charge in [0.1, 0.15) is 0 Å². The average molecular weight is 399 g/mol. The molecular formula is C30H38. The maximum atomic E-state index is 2.49. The molecule has 0 heteroatoms. The fourth-order valence-corrected chi connectivity index (χ4v) is 4.39. The van der Waals surface area contributed by atoms with Crippen LogP contribution in [0.15, 0.2) is 66.7 Å². The Morgan fingerprint density at radius 3 is 1.80 bits per heavy atom. The van der Waals surface area contributed by atoms with Gasteiger partial charge in [-0.05, 0) is 67.3 Å². The van der Waals surface area contributed by atoms with Crippen molar-refractivity contribution in [3.8, 4) is 0 Å². The second-order valence-electron chi connectivity index (χ2n) is 8.95. The van der Waals surface area contributed by atoms with Crippen molar-refractivity contribution in [1.82, 2.24) is 0 Å². The first-order valence-corrected chi connectivity index (χ1v) is 11.9. The first-order chi connectivity index (χ1) is 14.6. The van der Waals surface area contributed by atoms with Gasteiger partial charge < -0.3 is 0 Å². The third-order valence-corrected chi connectivity index (χ3v) is 6.04. The van der Waals surface area contributed by atoms with Gasteiger partial charge in [0.2, 0.25) is 0 Å². The number of aryl methyl sites for hydroxylation is 3. The van der Waals surface area contributed by atoms with Gasteiger partial charge in [-0.25, -0.2) is 0 Å². The minimum atomic E-state index is 1.02. The minimum Gasteiger partial charge on any atom is -0.0654 e. The molecule has 0 heterocycles. The molecule has 0 fully saturated rings. The fourth-order valence-electron chi connectivity index (χ4n) is 4.39. The molecule has 0 aliphatic rings. The van der Waals surface area contributed by atoms with Crippen molar-refractivity contribution in [2.75, 3.05) is 0 Å². The smallest absolute Gasteiger partial charge is 0.00229 e. The molecule has 0 aromatic heterocycles. The largest absolute Gasteiger partial charge is 0.0654 e. The van der Waals surface area contributed by atoms with Gasteiger partial charge in [-0.3, -0.25) is 0 Å². The molecule has 3 aromatic carbocycles. The third-order valence-electron chi connectivity index (χ3n) is 6.04. The van der Waals surface area contributed by atoms with E-state index in [1.54, 1.807) is 5.56 Å². The Labute approximate surface area is 184 Å². The number of hydrogen-bond donors (Lipinski definition) is 0. The summed E-state index contributed by atoms with van der Waals surface area (Å²) in [5.74, 6) is 0. The molecule has 0 atom stereocenters. The Hall–Kier alpha value is -2.34. The maximum absolute atomic E-state index is 2.49. The monoisotopic (exact) mass is 398 g/mol. The molecule has 3 aromatic rings. The molecule has 0 bridgehead atoms. The van der Waals surface area contributed by atoms with Crippen molar-refractivity contribution in [2.24, 2.45) is 0 Å². The lowest BCUT2D eigenvalue weighted by molar-refractivity contribution is 0.606. The SMILES string of the molecule is CCCCCCCCc1cc(Cc2cccc(C)c2)ccc1Cc1cccc(C)c1. The molecule has 0 amide bonds. The van der Waals surface area contributed by atoms with E-state index in [0.717, 1.165) is 12.8 Å². The second-order valence-corrected chi connectivity index (χ2v) is 8.95. The molecule has 30 heavy (non-hydrogen) atoms. The van der Waals surface area contributed by atoms with Crippen LogP contribution in [-0.2, 0) is 19.3 Å². The highest BCUT2D eigenvalue weighted by atomic mass is 14.1. The molecule has 0 aliphatic carbocycles. The lowest BCUT2D eigenvalue weighted by Crippen LogP contribution is -2.00. The number of unbranched alkanes of at least 4 members (excludes halogenated alkanes) is 5. The van der Waals surface area contributed by atoms with E-state index in [1.165, 1.54) is 78.3 Å². The summed E-state index contributed by atoms with van der Waals surface area (Å²) < 4.78 is 0. The Morgan fingerprint density at radius 2 is 1.13 bits per heavy atom. The summed E-state index contributed by atoms with van der Waals surface area (Å²) in [5, 5.41) is 0. The Kier molecular flexibility index (Phi) is 8.75. The van der Waals surface area contributed by atoms with Gasteiger partial charge in [0, 0.05) is 0 Å². The van der Waals surface area contributed by atoms with Crippen LogP contribution in [0.1, 0.15) is 84.4 Å². The predicted molar refractivity (Wildman–Crippen MR) is 131 cm³/mol. The minimum absolute atomic E-state index is 1.02. The van der Waals surface area contributed by atoms with Crippen LogP contribution < -0.4 is 0 Å². The van der Waals surface area contributed by atoms with E-state index in [9.17, 15) is 0 Å². The zero-order chi connectivity index (χ0) is 21.2. The van der Waals surface area contributed by atoms with Crippen LogP contribution in [0.2, 0.25) is 0 Å². The van der Waals surface area contributed by atoms with Crippen molar-refractivity contribution in [1.29, 1.82) is 0 Å². The van der Waals surface area contributed by atoms with E-state index < -0.39 is 0 Å². The summed E-state index contributed by atoms with van der Waals surface area (Å²) in [6.07, 6.45) is 11.4. The molecular weight excluding hydrogens is 360 g/mol. The number of benzene rings is 3. The zero-order valence-corrected chi connectivity index (χ0v) is 19.2. The van der Waals surface area contributed by atoms with Crippen LogP contribution in [0.3, 0.4) is 0 Å². The zero-order valence-electron chi connectivity index (χ0n) is 19.2. The van der Waals surface area contributed by atoms with Crippen molar-refractivity contribution < 1.29 is 0 Å². The van der Waals surface area contributed by atoms with E-state index in [4.69, 9.17) is 0 Å². The number of hydrogen-bond acceptors (Lipinski definition) is 0.